The van der Waals surface area contributed by atoms with Gasteiger partial charge in [0.2, 0.25) is 0 Å². The van der Waals surface area contributed by atoms with Gasteiger partial charge in [-0.15, -0.1) is 0 Å². The number of hydrogen-bond donors (Lipinski definition) is 1. The zero-order chi connectivity index (χ0) is 11.4. The van der Waals surface area contributed by atoms with E-state index in [9.17, 15) is 4.39 Å². The number of halogens is 1. The predicted molar refractivity (Wildman–Crippen MR) is 62.4 cm³/mol. The van der Waals surface area contributed by atoms with Gasteiger partial charge in [0.05, 0.1) is 0 Å². The highest BCUT2D eigenvalue weighted by atomic mass is 19.1. The molecule has 1 aromatic rings. The SMILES string of the molecule is CCC(C)C(NC)c1ccc(F)cc1C. The van der Waals surface area contributed by atoms with E-state index in [1.54, 1.807) is 6.07 Å². The zero-order valence-corrected chi connectivity index (χ0v) is 9.97. The molecule has 0 aliphatic carbocycles. The molecule has 0 radical (unpaired) electrons. The van der Waals surface area contributed by atoms with Crippen molar-refractivity contribution in [1.82, 2.24) is 5.32 Å². The third-order valence-electron chi connectivity index (χ3n) is 3.09. The molecule has 0 saturated carbocycles. The molecular weight excluding hydrogens is 189 g/mol. The van der Waals surface area contributed by atoms with Gasteiger partial charge in [-0.05, 0) is 43.1 Å². The molecule has 15 heavy (non-hydrogen) atoms. The van der Waals surface area contributed by atoms with Crippen LogP contribution in [0.2, 0.25) is 0 Å². The van der Waals surface area contributed by atoms with Gasteiger partial charge in [0.25, 0.3) is 0 Å². The summed E-state index contributed by atoms with van der Waals surface area (Å²) in [6, 6.07) is 5.34. The Bertz CT molecular complexity index is 322. The molecule has 1 aromatic carbocycles. The monoisotopic (exact) mass is 209 g/mol. The van der Waals surface area contributed by atoms with Crippen LogP contribution >= 0.6 is 0 Å². The van der Waals surface area contributed by atoms with Crippen LogP contribution in [0, 0.1) is 18.7 Å². The van der Waals surface area contributed by atoms with Crippen LogP contribution in [-0.2, 0) is 0 Å². The summed E-state index contributed by atoms with van der Waals surface area (Å²) in [6.07, 6.45) is 1.11. The largest absolute Gasteiger partial charge is 0.313 e. The van der Waals surface area contributed by atoms with E-state index in [4.69, 9.17) is 0 Å². The molecule has 0 heterocycles. The summed E-state index contributed by atoms with van der Waals surface area (Å²) in [7, 11) is 1.96. The van der Waals surface area contributed by atoms with Gasteiger partial charge in [-0.1, -0.05) is 26.3 Å². The third kappa shape index (κ3) is 2.78. The van der Waals surface area contributed by atoms with Gasteiger partial charge in [0.1, 0.15) is 5.82 Å². The Morgan fingerprint density at radius 3 is 2.53 bits per heavy atom. The lowest BCUT2D eigenvalue weighted by Crippen LogP contribution is -2.23. The van der Waals surface area contributed by atoms with E-state index in [1.807, 2.05) is 20.0 Å². The first-order valence-corrected chi connectivity index (χ1v) is 5.53. The maximum Gasteiger partial charge on any atom is 0.123 e. The van der Waals surface area contributed by atoms with E-state index in [2.05, 4.69) is 19.2 Å². The first kappa shape index (κ1) is 12.2. The minimum atomic E-state index is -0.157. The Morgan fingerprint density at radius 2 is 2.07 bits per heavy atom. The van der Waals surface area contributed by atoms with Gasteiger partial charge in [-0.25, -0.2) is 4.39 Å². The second-order valence-electron chi connectivity index (χ2n) is 4.15. The van der Waals surface area contributed by atoms with Gasteiger partial charge in [0, 0.05) is 6.04 Å². The van der Waals surface area contributed by atoms with Crippen LogP contribution in [0.3, 0.4) is 0 Å². The molecule has 0 spiro atoms. The zero-order valence-electron chi connectivity index (χ0n) is 9.97. The maximum absolute atomic E-state index is 13.0. The van der Waals surface area contributed by atoms with E-state index < -0.39 is 0 Å². The predicted octanol–water partition coefficient (Wildman–Crippen LogP) is 3.44. The first-order chi connectivity index (χ1) is 7.10. The molecule has 0 saturated heterocycles. The quantitative estimate of drug-likeness (QED) is 0.801. The summed E-state index contributed by atoms with van der Waals surface area (Å²) in [4.78, 5) is 0. The molecule has 2 unspecified atom stereocenters. The van der Waals surface area contributed by atoms with Crippen LogP contribution < -0.4 is 5.32 Å². The molecule has 0 bridgehead atoms. The Hall–Kier alpha value is -0.890. The normalized spacial score (nSPS) is 15.0. The van der Waals surface area contributed by atoms with Gasteiger partial charge in [0.15, 0.2) is 0 Å². The van der Waals surface area contributed by atoms with Crippen LogP contribution in [0.1, 0.15) is 37.4 Å². The van der Waals surface area contributed by atoms with E-state index in [-0.39, 0.29) is 5.82 Å². The molecule has 0 aromatic heterocycles. The molecule has 1 nitrogen and oxygen atoms in total. The summed E-state index contributed by atoms with van der Waals surface area (Å²) < 4.78 is 13.0. The number of rotatable bonds is 4. The van der Waals surface area contributed by atoms with Crippen molar-refractivity contribution in [2.75, 3.05) is 7.05 Å². The van der Waals surface area contributed by atoms with Crippen LogP contribution in [-0.4, -0.2) is 7.05 Å². The lowest BCUT2D eigenvalue weighted by atomic mass is 9.90. The summed E-state index contributed by atoms with van der Waals surface area (Å²) in [5.74, 6) is 0.398. The molecule has 1 rings (SSSR count). The highest BCUT2D eigenvalue weighted by molar-refractivity contribution is 5.29. The van der Waals surface area contributed by atoms with Crippen LogP contribution in [0.5, 0.6) is 0 Å². The molecule has 2 heteroatoms. The van der Waals surface area contributed by atoms with Gasteiger partial charge >= 0.3 is 0 Å². The molecular formula is C13H20FN. The van der Waals surface area contributed by atoms with Crippen molar-refractivity contribution in [2.24, 2.45) is 5.92 Å². The topological polar surface area (TPSA) is 12.0 Å². The molecule has 0 aliphatic rings. The van der Waals surface area contributed by atoms with E-state index >= 15 is 0 Å². The lowest BCUT2D eigenvalue weighted by molar-refractivity contribution is 0.398. The van der Waals surface area contributed by atoms with Crippen molar-refractivity contribution >= 4 is 0 Å². The van der Waals surface area contributed by atoms with Crippen LogP contribution in [0.15, 0.2) is 18.2 Å². The Balaban J connectivity index is 3.01. The first-order valence-electron chi connectivity index (χ1n) is 5.53. The second-order valence-corrected chi connectivity index (χ2v) is 4.15. The number of nitrogens with one attached hydrogen (secondary N) is 1. The van der Waals surface area contributed by atoms with E-state index in [0.29, 0.717) is 12.0 Å². The van der Waals surface area contributed by atoms with Crippen molar-refractivity contribution in [3.05, 3.63) is 35.1 Å². The Kier molecular flexibility index (Phi) is 4.28. The molecule has 1 N–H and O–H groups in total. The van der Waals surface area contributed by atoms with Crippen LogP contribution in [0.25, 0.3) is 0 Å². The standard InChI is InChI=1S/C13H20FN/c1-5-9(2)13(15-4)12-7-6-11(14)8-10(12)3/h6-9,13,15H,5H2,1-4H3. The fraction of sp³-hybridized carbons (Fsp3) is 0.538. The molecule has 84 valence electrons. The maximum atomic E-state index is 13.0. The van der Waals surface area contributed by atoms with Crippen LogP contribution in [0.4, 0.5) is 4.39 Å². The molecule has 0 fully saturated rings. The number of benzene rings is 1. The van der Waals surface area contributed by atoms with Gasteiger partial charge in [-0.3, -0.25) is 0 Å². The van der Waals surface area contributed by atoms with Crippen molar-refractivity contribution in [2.45, 2.75) is 33.2 Å². The molecule has 0 aliphatic heterocycles. The van der Waals surface area contributed by atoms with Gasteiger partial charge in [-0.2, -0.15) is 0 Å². The smallest absolute Gasteiger partial charge is 0.123 e. The minimum absolute atomic E-state index is 0.157. The van der Waals surface area contributed by atoms with E-state index in [1.165, 1.54) is 11.6 Å². The average Bonchev–Trinajstić information content (AvgIpc) is 2.21. The molecule has 2 atom stereocenters. The third-order valence-corrected chi connectivity index (χ3v) is 3.09. The molecule has 0 amide bonds. The van der Waals surface area contributed by atoms with Crippen molar-refractivity contribution in [3.63, 3.8) is 0 Å². The lowest BCUT2D eigenvalue weighted by Gasteiger charge is -2.24. The highest BCUT2D eigenvalue weighted by Gasteiger charge is 2.17. The number of aryl methyl sites for hydroxylation is 1. The summed E-state index contributed by atoms with van der Waals surface area (Å²) in [6.45, 7) is 6.35. The summed E-state index contributed by atoms with van der Waals surface area (Å²) >= 11 is 0. The fourth-order valence-corrected chi connectivity index (χ4v) is 1.97. The van der Waals surface area contributed by atoms with Crippen molar-refractivity contribution < 1.29 is 4.39 Å². The summed E-state index contributed by atoms with van der Waals surface area (Å²) in [5.41, 5.74) is 2.22. The van der Waals surface area contributed by atoms with Crippen molar-refractivity contribution in [3.8, 4) is 0 Å². The average molecular weight is 209 g/mol. The second kappa shape index (κ2) is 5.26. The summed E-state index contributed by atoms with van der Waals surface area (Å²) in [5, 5.41) is 3.31. The van der Waals surface area contributed by atoms with Crippen molar-refractivity contribution in [1.29, 1.82) is 0 Å². The Morgan fingerprint density at radius 1 is 1.40 bits per heavy atom. The highest BCUT2D eigenvalue weighted by Crippen LogP contribution is 2.26. The Labute approximate surface area is 91.7 Å². The number of hydrogen-bond acceptors (Lipinski definition) is 1. The fourth-order valence-electron chi connectivity index (χ4n) is 1.97. The minimum Gasteiger partial charge on any atom is -0.313 e. The van der Waals surface area contributed by atoms with Gasteiger partial charge < -0.3 is 5.32 Å². The van der Waals surface area contributed by atoms with E-state index in [0.717, 1.165) is 12.0 Å².